The van der Waals surface area contributed by atoms with Gasteiger partial charge in [0.25, 0.3) is 0 Å². The first-order chi connectivity index (χ1) is 13.8. The van der Waals surface area contributed by atoms with Gasteiger partial charge in [-0.2, -0.15) is 4.98 Å². The first-order valence-electron chi connectivity index (χ1n) is 10.2. The smallest absolute Gasteiger partial charge is 0.229 e. The number of benzene rings is 1. The molecule has 2 aromatic rings. The molecule has 1 saturated heterocycles. The van der Waals surface area contributed by atoms with Gasteiger partial charge >= 0.3 is 0 Å². The van der Waals surface area contributed by atoms with Crippen LogP contribution in [0.15, 0.2) is 36.5 Å². The second-order valence-corrected chi connectivity index (χ2v) is 6.72. The molecule has 0 amide bonds. The Morgan fingerprint density at radius 3 is 2.57 bits per heavy atom. The second-order valence-electron chi connectivity index (χ2n) is 6.72. The van der Waals surface area contributed by atoms with E-state index in [1.807, 2.05) is 30.3 Å². The average molecular weight is 386 g/mol. The van der Waals surface area contributed by atoms with Gasteiger partial charge in [-0.05, 0) is 50.6 Å². The Kier molecular flexibility index (Phi) is 7.87. The van der Waals surface area contributed by atoms with Crippen LogP contribution in [0.3, 0.4) is 0 Å². The van der Waals surface area contributed by atoms with Crippen LogP contribution in [0.5, 0.6) is 5.75 Å². The lowest BCUT2D eigenvalue weighted by molar-refractivity contribution is 0.0358. The van der Waals surface area contributed by atoms with E-state index in [4.69, 9.17) is 9.47 Å². The highest BCUT2D eigenvalue weighted by Gasteiger charge is 2.09. The predicted molar refractivity (Wildman–Crippen MR) is 113 cm³/mol. The Morgan fingerprint density at radius 2 is 1.86 bits per heavy atom. The summed E-state index contributed by atoms with van der Waals surface area (Å²) >= 11 is 0. The SMILES string of the molecule is CCN(CC)c1ccnc(Nc2ccc(OCCCN3CCOCC3)cc2)n1. The number of hydrogen-bond acceptors (Lipinski definition) is 7. The van der Waals surface area contributed by atoms with Gasteiger partial charge in [0.1, 0.15) is 11.6 Å². The van der Waals surface area contributed by atoms with E-state index in [0.29, 0.717) is 5.95 Å². The Hall–Kier alpha value is -2.38. The summed E-state index contributed by atoms with van der Waals surface area (Å²) < 4.78 is 11.2. The van der Waals surface area contributed by atoms with Gasteiger partial charge in [0.2, 0.25) is 5.95 Å². The van der Waals surface area contributed by atoms with Crippen LogP contribution in [-0.2, 0) is 4.74 Å². The molecule has 7 heteroatoms. The number of ether oxygens (including phenoxy) is 2. The Balaban J connectivity index is 1.45. The summed E-state index contributed by atoms with van der Waals surface area (Å²) in [7, 11) is 0. The highest BCUT2D eigenvalue weighted by molar-refractivity contribution is 5.56. The maximum absolute atomic E-state index is 5.86. The van der Waals surface area contributed by atoms with E-state index in [0.717, 1.165) is 76.2 Å². The molecule has 7 nitrogen and oxygen atoms in total. The van der Waals surface area contributed by atoms with Crippen LogP contribution in [0.1, 0.15) is 20.3 Å². The molecule has 1 fully saturated rings. The third kappa shape index (κ3) is 6.07. The van der Waals surface area contributed by atoms with E-state index in [1.165, 1.54) is 0 Å². The summed E-state index contributed by atoms with van der Waals surface area (Å²) in [5, 5.41) is 3.26. The van der Waals surface area contributed by atoms with E-state index in [2.05, 4.69) is 38.9 Å². The van der Waals surface area contributed by atoms with E-state index >= 15 is 0 Å². The number of nitrogens with one attached hydrogen (secondary N) is 1. The molecule has 1 aromatic carbocycles. The molecule has 0 spiro atoms. The summed E-state index contributed by atoms with van der Waals surface area (Å²) in [6.45, 7) is 11.6. The van der Waals surface area contributed by atoms with Crippen LogP contribution in [0.2, 0.25) is 0 Å². The van der Waals surface area contributed by atoms with Crippen LogP contribution in [0.25, 0.3) is 0 Å². The van der Waals surface area contributed by atoms with Gasteiger partial charge in [-0.25, -0.2) is 4.98 Å². The molecule has 0 aliphatic carbocycles. The zero-order valence-electron chi connectivity index (χ0n) is 16.9. The minimum atomic E-state index is 0.601. The standard InChI is InChI=1S/C21H31N5O2/c1-3-26(4-2)20-10-11-22-21(24-20)23-18-6-8-19(9-7-18)28-15-5-12-25-13-16-27-17-14-25/h6-11H,3-5,12-17H2,1-2H3,(H,22,23,24). The molecule has 1 aliphatic heterocycles. The third-order valence-electron chi connectivity index (χ3n) is 4.83. The number of morpholine rings is 1. The van der Waals surface area contributed by atoms with Gasteiger partial charge in [-0.1, -0.05) is 0 Å². The van der Waals surface area contributed by atoms with Crippen molar-refractivity contribution < 1.29 is 9.47 Å². The molecular weight excluding hydrogens is 354 g/mol. The van der Waals surface area contributed by atoms with Gasteiger partial charge < -0.3 is 19.7 Å². The average Bonchev–Trinajstić information content (AvgIpc) is 2.74. The van der Waals surface area contributed by atoms with E-state index in [-0.39, 0.29) is 0 Å². The maximum Gasteiger partial charge on any atom is 0.229 e. The van der Waals surface area contributed by atoms with Crippen molar-refractivity contribution in [1.29, 1.82) is 0 Å². The summed E-state index contributed by atoms with van der Waals surface area (Å²) in [6, 6.07) is 9.87. The van der Waals surface area contributed by atoms with E-state index in [1.54, 1.807) is 6.20 Å². The molecule has 0 unspecified atom stereocenters. The first kappa shape index (κ1) is 20.4. The molecule has 28 heavy (non-hydrogen) atoms. The van der Waals surface area contributed by atoms with Crippen molar-refractivity contribution in [3.8, 4) is 5.75 Å². The van der Waals surface area contributed by atoms with Crippen molar-refractivity contribution in [3.05, 3.63) is 36.5 Å². The highest BCUT2D eigenvalue weighted by atomic mass is 16.5. The summed E-state index contributed by atoms with van der Waals surface area (Å²) in [4.78, 5) is 13.5. The normalized spacial score (nSPS) is 14.6. The van der Waals surface area contributed by atoms with Crippen LogP contribution in [-0.4, -0.2) is 67.4 Å². The lowest BCUT2D eigenvalue weighted by atomic mass is 10.3. The van der Waals surface area contributed by atoms with Crippen LogP contribution in [0.4, 0.5) is 17.5 Å². The quantitative estimate of drug-likeness (QED) is 0.630. The van der Waals surface area contributed by atoms with Crippen LogP contribution < -0.4 is 15.0 Å². The van der Waals surface area contributed by atoms with E-state index < -0.39 is 0 Å². The predicted octanol–water partition coefficient (Wildman–Crippen LogP) is 3.17. The topological polar surface area (TPSA) is 62.8 Å². The number of hydrogen-bond donors (Lipinski definition) is 1. The Morgan fingerprint density at radius 1 is 1.11 bits per heavy atom. The van der Waals surface area contributed by atoms with Gasteiger partial charge in [0.15, 0.2) is 0 Å². The molecule has 1 N–H and O–H groups in total. The zero-order valence-corrected chi connectivity index (χ0v) is 16.9. The minimum Gasteiger partial charge on any atom is -0.494 e. The molecule has 152 valence electrons. The van der Waals surface area contributed by atoms with Crippen molar-refractivity contribution in [2.45, 2.75) is 20.3 Å². The fraction of sp³-hybridized carbons (Fsp3) is 0.524. The second kappa shape index (κ2) is 10.8. The van der Waals surface area contributed by atoms with Crippen molar-refractivity contribution in [3.63, 3.8) is 0 Å². The van der Waals surface area contributed by atoms with Crippen molar-refractivity contribution in [1.82, 2.24) is 14.9 Å². The molecule has 0 bridgehead atoms. The molecule has 0 radical (unpaired) electrons. The number of anilines is 3. The number of nitrogens with zero attached hydrogens (tertiary/aromatic N) is 4. The maximum atomic E-state index is 5.86. The monoisotopic (exact) mass is 385 g/mol. The number of aromatic nitrogens is 2. The van der Waals surface area contributed by atoms with Crippen molar-refractivity contribution in [2.75, 3.05) is 62.8 Å². The molecule has 1 aromatic heterocycles. The lowest BCUT2D eigenvalue weighted by Crippen LogP contribution is -2.37. The molecule has 3 rings (SSSR count). The zero-order chi connectivity index (χ0) is 19.6. The van der Waals surface area contributed by atoms with Gasteiger partial charge in [-0.3, -0.25) is 4.90 Å². The fourth-order valence-corrected chi connectivity index (χ4v) is 3.20. The largest absolute Gasteiger partial charge is 0.494 e. The number of rotatable bonds is 10. The van der Waals surface area contributed by atoms with Crippen molar-refractivity contribution >= 4 is 17.5 Å². The summed E-state index contributed by atoms with van der Waals surface area (Å²) in [5.74, 6) is 2.41. The van der Waals surface area contributed by atoms with Crippen molar-refractivity contribution in [2.24, 2.45) is 0 Å². The van der Waals surface area contributed by atoms with Gasteiger partial charge in [0, 0.05) is 44.6 Å². The summed E-state index contributed by atoms with van der Waals surface area (Å²) in [5.41, 5.74) is 0.942. The third-order valence-corrected chi connectivity index (χ3v) is 4.83. The molecular formula is C21H31N5O2. The van der Waals surface area contributed by atoms with Crippen LogP contribution >= 0.6 is 0 Å². The minimum absolute atomic E-state index is 0.601. The Bertz CT molecular complexity index is 700. The molecule has 0 saturated carbocycles. The first-order valence-corrected chi connectivity index (χ1v) is 10.2. The van der Waals surface area contributed by atoms with E-state index in [9.17, 15) is 0 Å². The Labute approximate surface area is 167 Å². The molecule has 2 heterocycles. The molecule has 1 aliphatic rings. The molecule has 0 atom stereocenters. The summed E-state index contributed by atoms with van der Waals surface area (Å²) in [6.07, 6.45) is 2.81. The fourth-order valence-electron chi connectivity index (χ4n) is 3.20. The van der Waals surface area contributed by atoms with Gasteiger partial charge in [-0.15, -0.1) is 0 Å². The van der Waals surface area contributed by atoms with Gasteiger partial charge in [0.05, 0.1) is 19.8 Å². The van der Waals surface area contributed by atoms with Crippen LogP contribution in [0, 0.1) is 0 Å². The highest BCUT2D eigenvalue weighted by Crippen LogP contribution is 2.20. The lowest BCUT2D eigenvalue weighted by Gasteiger charge is -2.26.